The first-order valence-corrected chi connectivity index (χ1v) is 11.5. The van der Waals surface area contributed by atoms with Crippen molar-refractivity contribution in [3.63, 3.8) is 0 Å². The molecule has 0 N–H and O–H groups in total. The van der Waals surface area contributed by atoms with Crippen LogP contribution < -0.4 is 0 Å². The van der Waals surface area contributed by atoms with E-state index in [1.165, 1.54) is 11.8 Å². The third-order valence-corrected chi connectivity index (χ3v) is 7.83. The molecular weight excluding hydrogens is 384 g/mol. The summed E-state index contributed by atoms with van der Waals surface area (Å²) in [4.78, 5) is 14.3. The fourth-order valence-corrected chi connectivity index (χ4v) is 5.92. The number of nitrogens with zero attached hydrogens (tertiary/aromatic N) is 4. The van der Waals surface area contributed by atoms with Crippen molar-refractivity contribution in [2.24, 2.45) is 7.05 Å². The Balaban J connectivity index is 1.72. The van der Waals surface area contributed by atoms with Crippen LogP contribution in [0.1, 0.15) is 18.9 Å². The minimum atomic E-state index is -3.02. The fraction of sp³-hybridized carbons (Fsp3) is 0.500. The molecule has 1 aliphatic rings. The molecule has 1 aliphatic heterocycles. The standard InChI is InChI=1S/C18H24N4O3S2/c1-12-7-5-6-8-15(12)16-19-20-18(22(16)4)26-13(2)17(23)21(3)14-9-10-27(24,25)11-14/h5-8,13-14H,9-11H2,1-4H3/t13-,14+/m1/s1. The van der Waals surface area contributed by atoms with E-state index in [0.717, 1.165) is 17.0 Å². The second kappa shape index (κ2) is 7.63. The summed E-state index contributed by atoms with van der Waals surface area (Å²) in [6.45, 7) is 3.84. The van der Waals surface area contributed by atoms with Crippen LogP contribution in [0.25, 0.3) is 11.4 Å². The lowest BCUT2D eigenvalue weighted by Gasteiger charge is -2.26. The van der Waals surface area contributed by atoms with E-state index >= 15 is 0 Å². The van der Waals surface area contributed by atoms with Gasteiger partial charge in [0.1, 0.15) is 0 Å². The molecule has 2 atom stereocenters. The summed E-state index contributed by atoms with van der Waals surface area (Å²) in [7, 11) is 0.541. The van der Waals surface area contributed by atoms with Crippen LogP contribution in [0.2, 0.25) is 0 Å². The quantitative estimate of drug-likeness (QED) is 0.703. The smallest absolute Gasteiger partial charge is 0.235 e. The average molecular weight is 409 g/mol. The van der Waals surface area contributed by atoms with Gasteiger partial charge >= 0.3 is 0 Å². The summed E-state index contributed by atoms with van der Waals surface area (Å²) < 4.78 is 25.2. The van der Waals surface area contributed by atoms with Gasteiger partial charge in [-0.05, 0) is 25.8 Å². The number of amides is 1. The molecule has 0 saturated carbocycles. The second-order valence-corrected chi connectivity index (χ2v) is 10.5. The Bertz CT molecular complexity index is 955. The molecule has 27 heavy (non-hydrogen) atoms. The van der Waals surface area contributed by atoms with E-state index in [9.17, 15) is 13.2 Å². The van der Waals surface area contributed by atoms with Gasteiger partial charge in [-0.2, -0.15) is 0 Å². The number of thioether (sulfide) groups is 1. The Morgan fingerprint density at radius 1 is 1.33 bits per heavy atom. The van der Waals surface area contributed by atoms with Crippen LogP contribution in [0.15, 0.2) is 29.4 Å². The number of sulfone groups is 1. The monoisotopic (exact) mass is 408 g/mol. The molecule has 0 spiro atoms. The van der Waals surface area contributed by atoms with Crippen molar-refractivity contribution >= 4 is 27.5 Å². The van der Waals surface area contributed by atoms with E-state index in [2.05, 4.69) is 10.2 Å². The Morgan fingerprint density at radius 3 is 2.67 bits per heavy atom. The zero-order chi connectivity index (χ0) is 19.8. The van der Waals surface area contributed by atoms with Gasteiger partial charge in [-0.1, -0.05) is 36.0 Å². The molecule has 1 amide bonds. The molecule has 1 fully saturated rings. The van der Waals surface area contributed by atoms with Crippen molar-refractivity contribution in [1.82, 2.24) is 19.7 Å². The Morgan fingerprint density at radius 2 is 2.04 bits per heavy atom. The Labute approximate surface area is 164 Å². The topological polar surface area (TPSA) is 85.2 Å². The predicted molar refractivity (Wildman–Crippen MR) is 106 cm³/mol. The number of rotatable bonds is 5. The van der Waals surface area contributed by atoms with E-state index in [1.807, 2.05) is 49.7 Å². The third-order valence-electron chi connectivity index (χ3n) is 4.95. The predicted octanol–water partition coefficient (Wildman–Crippen LogP) is 1.92. The molecule has 1 saturated heterocycles. The Hall–Kier alpha value is -1.87. The zero-order valence-corrected chi connectivity index (χ0v) is 17.5. The number of hydrogen-bond acceptors (Lipinski definition) is 6. The van der Waals surface area contributed by atoms with Crippen LogP contribution in [0.3, 0.4) is 0 Å². The van der Waals surface area contributed by atoms with Gasteiger partial charge in [0.2, 0.25) is 5.91 Å². The molecule has 0 unspecified atom stereocenters. The molecule has 7 nitrogen and oxygen atoms in total. The first kappa shape index (κ1) is 19.9. The maximum Gasteiger partial charge on any atom is 0.235 e. The van der Waals surface area contributed by atoms with Crippen molar-refractivity contribution in [1.29, 1.82) is 0 Å². The maximum atomic E-state index is 12.7. The molecule has 0 bridgehead atoms. The van der Waals surface area contributed by atoms with Crippen LogP contribution in [-0.2, 0) is 21.7 Å². The van der Waals surface area contributed by atoms with Crippen molar-refractivity contribution in [2.75, 3.05) is 18.6 Å². The van der Waals surface area contributed by atoms with Crippen LogP contribution in [-0.4, -0.2) is 63.8 Å². The molecule has 0 aliphatic carbocycles. The number of aromatic nitrogens is 3. The number of carbonyl (C=O) groups is 1. The van der Waals surface area contributed by atoms with Gasteiger partial charge in [0.15, 0.2) is 20.8 Å². The van der Waals surface area contributed by atoms with Gasteiger partial charge in [-0.3, -0.25) is 4.79 Å². The van der Waals surface area contributed by atoms with E-state index < -0.39 is 9.84 Å². The molecule has 3 rings (SSSR count). The van der Waals surface area contributed by atoms with Gasteiger partial charge in [0.25, 0.3) is 0 Å². The van der Waals surface area contributed by atoms with Gasteiger partial charge in [0, 0.05) is 25.7 Å². The molecule has 146 valence electrons. The van der Waals surface area contributed by atoms with Gasteiger partial charge in [0.05, 0.1) is 16.8 Å². The lowest BCUT2D eigenvalue weighted by Crippen LogP contribution is -2.41. The van der Waals surface area contributed by atoms with Gasteiger partial charge in [-0.15, -0.1) is 10.2 Å². The van der Waals surface area contributed by atoms with Gasteiger partial charge in [-0.25, -0.2) is 8.42 Å². The first-order valence-electron chi connectivity index (χ1n) is 8.79. The van der Waals surface area contributed by atoms with E-state index in [-0.39, 0.29) is 28.7 Å². The number of aryl methyl sites for hydroxylation is 1. The third kappa shape index (κ3) is 4.19. The summed E-state index contributed by atoms with van der Waals surface area (Å²) in [6, 6.07) is 7.71. The number of carbonyl (C=O) groups excluding carboxylic acids is 1. The first-order chi connectivity index (χ1) is 12.7. The zero-order valence-electron chi connectivity index (χ0n) is 15.9. The molecule has 9 heteroatoms. The summed E-state index contributed by atoms with van der Waals surface area (Å²) in [5, 5.41) is 8.80. The SMILES string of the molecule is Cc1ccccc1-c1nnc(S[C@H](C)C(=O)N(C)[C@H]2CCS(=O)(=O)C2)n1C. The molecule has 1 aromatic heterocycles. The summed E-state index contributed by atoms with van der Waals surface area (Å²) in [5.41, 5.74) is 2.11. The highest BCUT2D eigenvalue weighted by Crippen LogP contribution is 2.28. The summed E-state index contributed by atoms with van der Waals surface area (Å²) in [6.07, 6.45) is 0.503. The van der Waals surface area contributed by atoms with Crippen molar-refractivity contribution in [2.45, 2.75) is 36.7 Å². The molecule has 2 aromatic rings. The van der Waals surface area contributed by atoms with E-state index in [0.29, 0.717) is 11.6 Å². The second-order valence-electron chi connectivity index (χ2n) is 6.95. The van der Waals surface area contributed by atoms with Crippen LogP contribution in [0.5, 0.6) is 0 Å². The average Bonchev–Trinajstić information content (AvgIpc) is 3.17. The highest BCUT2D eigenvalue weighted by Gasteiger charge is 2.34. The molecule has 0 radical (unpaired) electrons. The van der Waals surface area contributed by atoms with E-state index in [4.69, 9.17) is 0 Å². The normalized spacial score (nSPS) is 19.8. The van der Waals surface area contributed by atoms with Crippen molar-refractivity contribution in [3.8, 4) is 11.4 Å². The lowest BCUT2D eigenvalue weighted by atomic mass is 10.1. The van der Waals surface area contributed by atoms with Crippen molar-refractivity contribution < 1.29 is 13.2 Å². The highest BCUT2D eigenvalue weighted by atomic mass is 32.2. The number of hydrogen-bond donors (Lipinski definition) is 0. The largest absolute Gasteiger partial charge is 0.341 e. The minimum absolute atomic E-state index is 0.0496. The van der Waals surface area contributed by atoms with Crippen LogP contribution in [0.4, 0.5) is 0 Å². The maximum absolute atomic E-state index is 12.7. The fourth-order valence-electron chi connectivity index (χ4n) is 3.23. The minimum Gasteiger partial charge on any atom is -0.341 e. The van der Waals surface area contributed by atoms with E-state index in [1.54, 1.807) is 11.9 Å². The van der Waals surface area contributed by atoms with Gasteiger partial charge < -0.3 is 9.47 Å². The van der Waals surface area contributed by atoms with Crippen LogP contribution in [0, 0.1) is 6.92 Å². The lowest BCUT2D eigenvalue weighted by molar-refractivity contribution is -0.130. The molecule has 1 aromatic carbocycles. The summed E-state index contributed by atoms with van der Waals surface area (Å²) in [5.74, 6) is 0.862. The van der Waals surface area contributed by atoms with Crippen molar-refractivity contribution in [3.05, 3.63) is 29.8 Å². The summed E-state index contributed by atoms with van der Waals surface area (Å²) >= 11 is 1.34. The number of benzene rings is 1. The highest BCUT2D eigenvalue weighted by molar-refractivity contribution is 8.00. The molecular formula is C18H24N4O3S2. The van der Waals surface area contributed by atoms with Crippen LogP contribution >= 0.6 is 11.8 Å². The molecule has 2 heterocycles. The Kier molecular flexibility index (Phi) is 5.62.